The van der Waals surface area contributed by atoms with E-state index in [0.29, 0.717) is 5.75 Å². The van der Waals surface area contributed by atoms with Crippen LogP contribution in [0.4, 0.5) is 4.79 Å². The van der Waals surface area contributed by atoms with E-state index in [1.54, 1.807) is 0 Å². The second kappa shape index (κ2) is 7.28. The van der Waals surface area contributed by atoms with E-state index in [-0.39, 0.29) is 12.3 Å². The number of aryl methyl sites for hydroxylation is 1. The quantitative estimate of drug-likeness (QED) is 0.808. The predicted octanol–water partition coefficient (Wildman–Crippen LogP) is 0.942. The lowest BCUT2D eigenvalue weighted by molar-refractivity contribution is -0.119. The number of imide groups is 1. The monoisotopic (exact) mass is 297 g/mol. The highest BCUT2D eigenvalue weighted by atomic mass is 32.2. The first-order valence-corrected chi connectivity index (χ1v) is 7.75. The Balaban J connectivity index is 1.81. The Kier molecular flexibility index (Phi) is 5.40. The lowest BCUT2D eigenvalue weighted by Crippen LogP contribution is -2.37. The Hall–Kier alpha value is -1.57. The molecule has 1 aliphatic heterocycles. The van der Waals surface area contributed by atoms with Gasteiger partial charge in [0.1, 0.15) is 5.82 Å². The SMILES string of the molecule is CNC(=O)NC(=O)CCSc1nnc2n1CCCCC2. The zero-order valence-electron chi connectivity index (χ0n) is 11.5. The zero-order chi connectivity index (χ0) is 14.4. The molecule has 0 atom stereocenters. The molecule has 0 bridgehead atoms. The van der Waals surface area contributed by atoms with E-state index in [4.69, 9.17) is 0 Å². The van der Waals surface area contributed by atoms with E-state index in [1.165, 1.54) is 25.2 Å². The molecule has 1 aromatic rings. The summed E-state index contributed by atoms with van der Waals surface area (Å²) in [4.78, 5) is 22.4. The van der Waals surface area contributed by atoms with Gasteiger partial charge in [0, 0.05) is 32.2 Å². The Bertz CT molecular complexity index is 488. The van der Waals surface area contributed by atoms with Gasteiger partial charge in [-0.15, -0.1) is 10.2 Å². The number of carbonyl (C=O) groups excluding carboxylic acids is 2. The summed E-state index contributed by atoms with van der Waals surface area (Å²) in [5.41, 5.74) is 0. The van der Waals surface area contributed by atoms with Crippen molar-refractivity contribution in [3.63, 3.8) is 0 Å². The van der Waals surface area contributed by atoms with Crippen molar-refractivity contribution >= 4 is 23.7 Å². The average molecular weight is 297 g/mol. The van der Waals surface area contributed by atoms with E-state index < -0.39 is 6.03 Å². The summed E-state index contributed by atoms with van der Waals surface area (Å²) in [5, 5.41) is 13.8. The third kappa shape index (κ3) is 3.96. The number of nitrogens with zero attached hydrogens (tertiary/aromatic N) is 3. The molecule has 0 unspecified atom stereocenters. The maximum absolute atomic E-state index is 11.5. The molecule has 0 saturated carbocycles. The van der Waals surface area contributed by atoms with Gasteiger partial charge in [0.05, 0.1) is 0 Å². The molecular formula is C12H19N5O2S. The second-order valence-corrected chi connectivity index (χ2v) is 5.65. The smallest absolute Gasteiger partial charge is 0.321 e. The number of urea groups is 1. The largest absolute Gasteiger partial charge is 0.341 e. The lowest BCUT2D eigenvalue weighted by Gasteiger charge is -2.06. The Morgan fingerprint density at radius 1 is 1.30 bits per heavy atom. The molecule has 0 aliphatic carbocycles. The molecule has 2 rings (SSSR count). The minimum absolute atomic E-state index is 0.278. The molecule has 20 heavy (non-hydrogen) atoms. The lowest BCUT2D eigenvalue weighted by atomic mass is 10.2. The van der Waals surface area contributed by atoms with Crippen LogP contribution in [-0.2, 0) is 17.8 Å². The molecule has 0 spiro atoms. The topological polar surface area (TPSA) is 88.9 Å². The summed E-state index contributed by atoms with van der Waals surface area (Å²) in [7, 11) is 1.48. The van der Waals surface area contributed by atoms with Crippen molar-refractivity contribution in [1.29, 1.82) is 0 Å². The number of amides is 3. The third-order valence-electron chi connectivity index (χ3n) is 3.12. The molecule has 0 fully saturated rings. The maximum Gasteiger partial charge on any atom is 0.321 e. The van der Waals surface area contributed by atoms with Crippen molar-refractivity contribution in [2.45, 2.75) is 43.8 Å². The van der Waals surface area contributed by atoms with E-state index in [2.05, 4.69) is 25.4 Å². The number of carbonyl (C=O) groups is 2. The van der Waals surface area contributed by atoms with Crippen LogP contribution < -0.4 is 10.6 Å². The molecular weight excluding hydrogens is 278 g/mol. The fourth-order valence-electron chi connectivity index (χ4n) is 2.05. The minimum Gasteiger partial charge on any atom is -0.341 e. The van der Waals surface area contributed by atoms with Gasteiger partial charge in [0.2, 0.25) is 5.91 Å². The van der Waals surface area contributed by atoms with Crippen LogP contribution in [0.1, 0.15) is 31.5 Å². The van der Waals surface area contributed by atoms with Gasteiger partial charge >= 0.3 is 6.03 Å². The molecule has 2 N–H and O–H groups in total. The number of aromatic nitrogens is 3. The average Bonchev–Trinajstić information content (AvgIpc) is 2.67. The van der Waals surface area contributed by atoms with Crippen LogP contribution >= 0.6 is 11.8 Å². The van der Waals surface area contributed by atoms with Crippen LogP contribution in [0.3, 0.4) is 0 Å². The summed E-state index contributed by atoms with van der Waals surface area (Å²) in [6.07, 6.45) is 4.79. The zero-order valence-corrected chi connectivity index (χ0v) is 12.3. The summed E-state index contributed by atoms with van der Waals surface area (Å²) in [5.74, 6) is 1.34. The number of thioether (sulfide) groups is 1. The van der Waals surface area contributed by atoms with E-state index in [1.807, 2.05) is 0 Å². The predicted molar refractivity (Wildman–Crippen MR) is 75.5 cm³/mol. The summed E-state index contributed by atoms with van der Waals surface area (Å²) >= 11 is 1.51. The molecule has 2 heterocycles. The molecule has 7 nitrogen and oxygen atoms in total. The molecule has 3 amide bonds. The van der Waals surface area contributed by atoms with Crippen LogP contribution in [-0.4, -0.2) is 39.5 Å². The van der Waals surface area contributed by atoms with Gasteiger partial charge in [-0.25, -0.2) is 4.79 Å². The van der Waals surface area contributed by atoms with Gasteiger partial charge in [-0.2, -0.15) is 0 Å². The molecule has 0 aromatic carbocycles. The fraction of sp³-hybridized carbons (Fsp3) is 0.667. The van der Waals surface area contributed by atoms with Crippen LogP contribution in [0, 0.1) is 0 Å². The van der Waals surface area contributed by atoms with Gasteiger partial charge in [0.15, 0.2) is 5.16 Å². The van der Waals surface area contributed by atoms with Crippen LogP contribution in [0.25, 0.3) is 0 Å². The Morgan fingerprint density at radius 3 is 2.95 bits per heavy atom. The summed E-state index contributed by atoms with van der Waals surface area (Å²) in [6.45, 7) is 0.953. The van der Waals surface area contributed by atoms with Crippen molar-refractivity contribution in [3.8, 4) is 0 Å². The van der Waals surface area contributed by atoms with Crippen LogP contribution in [0.5, 0.6) is 0 Å². The first-order chi connectivity index (χ1) is 9.70. The van der Waals surface area contributed by atoms with E-state index >= 15 is 0 Å². The molecule has 1 aliphatic rings. The first kappa shape index (κ1) is 14.8. The summed E-state index contributed by atoms with van der Waals surface area (Å²) in [6, 6.07) is -0.476. The third-order valence-corrected chi connectivity index (χ3v) is 4.08. The van der Waals surface area contributed by atoms with Crippen molar-refractivity contribution in [2.75, 3.05) is 12.8 Å². The highest BCUT2D eigenvalue weighted by molar-refractivity contribution is 7.99. The van der Waals surface area contributed by atoms with Gasteiger partial charge in [-0.3, -0.25) is 10.1 Å². The van der Waals surface area contributed by atoms with Crippen molar-refractivity contribution in [3.05, 3.63) is 5.82 Å². The highest BCUT2D eigenvalue weighted by Crippen LogP contribution is 2.22. The van der Waals surface area contributed by atoms with Crippen molar-refractivity contribution in [2.24, 2.45) is 0 Å². The molecule has 8 heteroatoms. The van der Waals surface area contributed by atoms with Crippen molar-refractivity contribution in [1.82, 2.24) is 25.4 Å². The molecule has 110 valence electrons. The Labute approximate surface area is 121 Å². The minimum atomic E-state index is -0.476. The number of rotatable bonds is 4. The number of hydrogen-bond acceptors (Lipinski definition) is 5. The maximum atomic E-state index is 11.5. The molecule has 0 radical (unpaired) electrons. The number of hydrogen-bond donors (Lipinski definition) is 2. The van der Waals surface area contributed by atoms with E-state index in [0.717, 1.165) is 36.8 Å². The summed E-state index contributed by atoms with van der Waals surface area (Å²) < 4.78 is 2.15. The standard InChI is InChI=1S/C12H19N5O2S/c1-13-11(19)14-10(18)6-8-20-12-16-15-9-5-3-2-4-7-17(9)12/h2-8H2,1H3,(H2,13,14,18,19). The van der Waals surface area contributed by atoms with Gasteiger partial charge < -0.3 is 9.88 Å². The van der Waals surface area contributed by atoms with Crippen molar-refractivity contribution < 1.29 is 9.59 Å². The van der Waals surface area contributed by atoms with Gasteiger partial charge in [-0.05, 0) is 12.8 Å². The fourth-order valence-corrected chi connectivity index (χ4v) is 2.97. The number of nitrogens with one attached hydrogen (secondary N) is 2. The normalized spacial score (nSPS) is 14.2. The molecule has 1 aromatic heterocycles. The van der Waals surface area contributed by atoms with Gasteiger partial charge in [-0.1, -0.05) is 18.2 Å². The Morgan fingerprint density at radius 2 is 2.15 bits per heavy atom. The van der Waals surface area contributed by atoms with E-state index in [9.17, 15) is 9.59 Å². The first-order valence-electron chi connectivity index (χ1n) is 6.77. The van der Waals surface area contributed by atoms with Crippen LogP contribution in [0.15, 0.2) is 5.16 Å². The van der Waals surface area contributed by atoms with Gasteiger partial charge in [0.25, 0.3) is 0 Å². The van der Waals surface area contributed by atoms with Crippen LogP contribution in [0.2, 0.25) is 0 Å². The highest BCUT2D eigenvalue weighted by Gasteiger charge is 2.15. The molecule has 0 saturated heterocycles. The second-order valence-electron chi connectivity index (χ2n) is 4.59. The number of fused-ring (bicyclic) bond motifs is 1.